The Labute approximate surface area is 225 Å². The minimum Gasteiger partial charge on any atom is -0.493 e. The molecule has 0 spiro atoms. The summed E-state index contributed by atoms with van der Waals surface area (Å²) in [6.07, 6.45) is 1.42. The summed E-state index contributed by atoms with van der Waals surface area (Å²) in [5, 5.41) is 11.8. The Kier molecular flexibility index (Phi) is 6.83. The molecule has 3 heterocycles. The molecule has 0 amide bonds. The molecule has 202 valence electrons. The molecule has 0 N–H and O–H groups in total. The summed E-state index contributed by atoms with van der Waals surface area (Å²) in [7, 11) is 2.99. The van der Waals surface area contributed by atoms with E-state index in [1.54, 1.807) is 32.0 Å². The van der Waals surface area contributed by atoms with Gasteiger partial charge in [0.2, 0.25) is 6.79 Å². The number of nitrogens with zero attached hydrogens (tertiary/aromatic N) is 3. The fourth-order valence-electron chi connectivity index (χ4n) is 4.49. The van der Waals surface area contributed by atoms with Crippen LogP contribution in [0.2, 0.25) is 0 Å². The van der Waals surface area contributed by atoms with Gasteiger partial charge in [0.05, 0.1) is 59.2 Å². The summed E-state index contributed by atoms with van der Waals surface area (Å²) in [4.78, 5) is 43.0. The van der Waals surface area contributed by atoms with Crippen LogP contribution >= 0.6 is 11.3 Å². The molecule has 0 fully saturated rings. The van der Waals surface area contributed by atoms with Crippen LogP contribution in [-0.2, 0) is 9.53 Å². The van der Waals surface area contributed by atoms with Crippen LogP contribution < -0.4 is 33.8 Å². The number of allylic oxidation sites excluding steroid dienone is 1. The van der Waals surface area contributed by atoms with E-state index in [1.165, 1.54) is 37.0 Å². The van der Waals surface area contributed by atoms with Crippen molar-refractivity contribution in [3.63, 3.8) is 0 Å². The molecule has 13 heteroatoms. The zero-order valence-corrected chi connectivity index (χ0v) is 22.2. The molecule has 2 aliphatic heterocycles. The molecule has 0 radical (unpaired) electrons. The number of aromatic nitrogens is 1. The summed E-state index contributed by atoms with van der Waals surface area (Å²) in [6, 6.07) is 6.91. The number of thiazole rings is 1. The van der Waals surface area contributed by atoms with Crippen LogP contribution in [0.5, 0.6) is 23.0 Å². The van der Waals surface area contributed by atoms with Crippen molar-refractivity contribution in [3.8, 4) is 23.0 Å². The number of esters is 1. The Hall–Kier alpha value is -4.65. The van der Waals surface area contributed by atoms with Gasteiger partial charge in [0.1, 0.15) is 0 Å². The average molecular weight is 554 g/mol. The Morgan fingerprint density at radius 1 is 1.21 bits per heavy atom. The molecule has 1 aromatic heterocycles. The first-order valence-corrected chi connectivity index (χ1v) is 12.6. The van der Waals surface area contributed by atoms with Gasteiger partial charge in [0, 0.05) is 0 Å². The second-order valence-corrected chi connectivity index (χ2v) is 9.45. The van der Waals surface area contributed by atoms with Crippen molar-refractivity contribution in [1.82, 2.24) is 4.57 Å². The molecule has 1 atom stereocenters. The normalized spacial score (nSPS) is 16.0. The summed E-state index contributed by atoms with van der Waals surface area (Å²) in [5.74, 6) is 0.860. The van der Waals surface area contributed by atoms with E-state index in [2.05, 4.69) is 4.99 Å². The predicted molar refractivity (Wildman–Crippen MR) is 139 cm³/mol. The Morgan fingerprint density at radius 3 is 2.59 bits per heavy atom. The monoisotopic (exact) mass is 553 g/mol. The molecule has 2 aromatic carbocycles. The van der Waals surface area contributed by atoms with Crippen LogP contribution in [-0.4, -0.2) is 43.1 Å². The quantitative estimate of drug-likeness (QED) is 0.245. The Bertz CT molecular complexity index is 1720. The lowest BCUT2D eigenvalue weighted by Gasteiger charge is -2.25. The number of hydrogen-bond acceptors (Lipinski definition) is 11. The number of carbonyl (C=O) groups excluding carboxylic acids is 1. The zero-order chi connectivity index (χ0) is 27.8. The van der Waals surface area contributed by atoms with Gasteiger partial charge in [0.15, 0.2) is 27.8 Å². The van der Waals surface area contributed by atoms with E-state index in [1.807, 2.05) is 0 Å². The maximum absolute atomic E-state index is 13.9. The van der Waals surface area contributed by atoms with Gasteiger partial charge in [-0.15, -0.1) is 0 Å². The van der Waals surface area contributed by atoms with Crippen molar-refractivity contribution in [2.24, 2.45) is 4.99 Å². The van der Waals surface area contributed by atoms with Crippen molar-refractivity contribution in [2.75, 3.05) is 27.6 Å². The molecule has 0 saturated heterocycles. The highest BCUT2D eigenvalue weighted by Gasteiger charge is 2.34. The van der Waals surface area contributed by atoms with Gasteiger partial charge in [0.25, 0.3) is 11.2 Å². The van der Waals surface area contributed by atoms with Crippen molar-refractivity contribution in [2.45, 2.75) is 19.9 Å². The maximum atomic E-state index is 13.9. The van der Waals surface area contributed by atoms with Crippen LogP contribution in [0.4, 0.5) is 5.69 Å². The van der Waals surface area contributed by atoms with Crippen LogP contribution in [0.25, 0.3) is 6.08 Å². The predicted octanol–water partition coefficient (Wildman–Crippen LogP) is 2.45. The number of benzene rings is 2. The number of nitro groups is 1. The number of carbonyl (C=O) groups is 1. The van der Waals surface area contributed by atoms with Gasteiger partial charge < -0.3 is 23.7 Å². The highest BCUT2D eigenvalue weighted by Crippen LogP contribution is 2.39. The van der Waals surface area contributed by atoms with Crippen molar-refractivity contribution in [3.05, 3.63) is 82.5 Å². The molecular weight excluding hydrogens is 530 g/mol. The third-order valence-electron chi connectivity index (χ3n) is 6.25. The van der Waals surface area contributed by atoms with Crippen LogP contribution in [0.15, 0.2) is 51.4 Å². The first-order valence-electron chi connectivity index (χ1n) is 11.8. The molecule has 5 rings (SSSR count). The summed E-state index contributed by atoms with van der Waals surface area (Å²) in [5.41, 5.74) is 0.571. The van der Waals surface area contributed by atoms with Gasteiger partial charge in [-0.25, -0.2) is 9.79 Å². The smallest absolute Gasteiger partial charge is 0.338 e. The summed E-state index contributed by atoms with van der Waals surface area (Å²) in [6.45, 7) is 3.43. The van der Waals surface area contributed by atoms with Gasteiger partial charge in [-0.1, -0.05) is 17.4 Å². The Morgan fingerprint density at radius 2 is 1.92 bits per heavy atom. The highest BCUT2D eigenvalue weighted by atomic mass is 32.1. The largest absolute Gasteiger partial charge is 0.493 e. The molecule has 2 aliphatic rings. The van der Waals surface area contributed by atoms with E-state index < -0.39 is 22.5 Å². The molecule has 0 aliphatic carbocycles. The second kappa shape index (κ2) is 10.3. The van der Waals surface area contributed by atoms with E-state index in [0.717, 1.165) is 11.3 Å². The first kappa shape index (κ1) is 26.0. The molecular formula is C26H23N3O9S. The minimum atomic E-state index is -0.894. The third-order valence-corrected chi connectivity index (χ3v) is 7.23. The van der Waals surface area contributed by atoms with E-state index in [0.29, 0.717) is 33.3 Å². The highest BCUT2D eigenvalue weighted by molar-refractivity contribution is 7.07. The van der Waals surface area contributed by atoms with Gasteiger partial charge in [-0.05, 0) is 43.7 Å². The number of fused-ring (bicyclic) bond motifs is 2. The van der Waals surface area contributed by atoms with E-state index >= 15 is 0 Å². The standard InChI is InChI=1S/C26H23N3O9S/c1-5-36-25(31)22-13(2)27-26-28(23(22)14-6-7-17(34-3)18(8-14)35-4)24(30)21(39-26)10-15-9-19-20(38-12-37-19)11-16(15)29(32)33/h6-11,23H,5,12H2,1-4H3/b21-10-/t23-/m0/s1. The van der Waals surface area contributed by atoms with Crippen LogP contribution in [0.1, 0.15) is 31.0 Å². The lowest BCUT2D eigenvalue weighted by atomic mass is 9.95. The van der Waals surface area contributed by atoms with E-state index in [9.17, 15) is 19.7 Å². The second-order valence-electron chi connectivity index (χ2n) is 8.44. The number of rotatable bonds is 7. The lowest BCUT2D eigenvalue weighted by molar-refractivity contribution is -0.385. The van der Waals surface area contributed by atoms with Crippen LogP contribution in [0, 0.1) is 10.1 Å². The zero-order valence-electron chi connectivity index (χ0n) is 21.4. The van der Waals surface area contributed by atoms with Crippen molar-refractivity contribution >= 4 is 29.1 Å². The van der Waals surface area contributed by atoms with Gasteiger partial charge in [-0.3, -0.25) is 19.5 Å². The van der Waals surface area contributed by atoms with E-state index in [4.69, 9.17) is 23.7 Å². The third kappa shape index (κ3) is 4.50. The SMILES string of the molecule is CCOC(=O)C1=C(C)N=c2s/c(=C\c3cc4c(cc3[N+](=O)[O-])OCO4)c(=O)n2[C@H]1c1ccc(OC)c(OC)c1. The van der Waals surface area contributed by atoms with Gasteiger partial charge in [-0.2, -0.15) is 0 Å². The molecule has 39 heavy (non-hydrogen) atoms. The number of methoxy groups -OCH3 is 2. The number of ether oxygens (including phenoxy) is 5. The number of hydrogen-bond donors (Lipinski definition) is 0. The fraction of sp³-hybridized carbons (Fsp3) is 0.269. The number of nitro benzene ring substituents is 1. The van der Waals surface area contributed by atoms with Crippen LogP contribution in [0.3, 0.4) is 0 Å². The minimum absolute atomic E-state index is 0.0562. The van der Waals surface area contributed by atoms with Gasteiger partial charge >= 0.3 is 5.97 Å². The molecule has 0 bridgehead atoms. The molecule has 0 unspecified atom stereocenters. The topological polar surface area (TPSA) is 141 Å². The van der Waals surface area contributed by atoms with Crippen molar-refractivity contribution in [1.29, 1.82) is 0 Å². The van der Waals surface area contributed by atoms with E-state index in [-0.39, 0.29) is 40.5 Å². The first-order chi connectivity index (χ1) is 18.8. The fourth-order valence-corrected chi connectivity index (χ4v) is 5.53. The summed E-state index contributed by atoms with van der Waals surface area (Å²) >= 11 is 1.05. The lowest BCUT2D eigenvalue weighted by Crippen LogP contribution is -2.40. The summed E-state index contributed by atoms with van der Waals surface area (Å²) < 4.78 is 28.3. The molecule has 12 nitrogen and oxygen atoms in total. The van der Waals surface area contributed by atoms with Crippen molar-refractivity contribution < 1.29 is 33.4 Å². The Balaban J connectivity index is 1.75. The maximum Gasteiger partial charge on any atom is 0.338 e. The average Bonchev–Trinajstić information content (AvgIpc) is 3.50. The molecule has 0 saturated carbocycles. The molecule has 3 aromatic rings.